The standard InChI is InChI=1S/C25H19N3OS2/c29-24-22-17-10-4-6-12-19(17)30-23(22)27-21(15-14-16-8-2-1-3-9-16)28(24)25-26-18-11-5-7-13-20(18)31-25/h1-3,5,7-9,11,13-15H,4,6,10,12H2/b15-14+. The maximum atomic E-state index is 13.8. The Balaban J connectivity index is 1.62. The Morgan fingerprint density at radius 3 is 2.55 bits per heavy atom. The first-order valence-electron chi connectivity index (χ1n) is 10.4. The summed E-state index contributed by atoms with van der Waals surface area (Å²) in [5.41, 5.74) is 3.17. The molecule has 0 amide bonds. The topological polar surface area (TPSA) is 47.8 Å². The highest BCUT2D eigenvalue weighted by Gasteiger charge is 2.23. The summed E-state index contributed by atoms with van der Waals surface area (Å²) in [5, 5.41) is 1.46. The fraction of sp³-hybridized carbons (Fsp3) is 0.160. The first kappa shape index (κ1) is 18.7. The molecular weight excluding hydrogens is 422 g/mol. The number of fused-ring (bicyclic) bond motifs is 4. The molecule has 2 aromatic carbocycles. The lowest BCUT2D eigenvalue weighted by molar-refractivity contribution is 0.699. The zero-order valence-electron chi connectivity index (χ0n) is 16.7. The first-order chi connectivity index (χ1) is 15.3. The van der Waals surface area contributed by atoms with Gasteiger partial charge in [0.1, 0.15) is 10.7 Å². The van der Waals surface area contributed by atoms with Crippen LogP contribution in [0.2, 0.25) is 0 Å². The summed E-state index contributed by atoms with van der Waals surface area (Å²) in [5.74, 6) is 0.624. The smallest absolute Gasteiger partial charge is 0.268 e. The van der Waals surface area contributed by atoms with Crippen molar-refractivity contribution in [3.8, 4) is 5.13 Å². The molecule has 3 heterocycles. The van der Waals surface area contributed by atoms with Gasteiger partial charge in [0.15, 0.2) is 5.13 Å². The summed E-state index contributed by atoms with van der Waals surface area (Å²) in [7, 11) is 0. The van der Waals surface area contributed by atoms with Crippen LogP contribution in [-0.2, 0) is 12.8 Å². The van der Waals surface area contributed by atoms with E-state index in [9.17, 15) is 4.79 Å². The van der Waals surface area contributed by atoms with Gasteiger partial charge in [0.05, 0.1) is 15.6 Å². The third-order valence-electron chi connectivity index (χ3n) is 5.71. The van der Waals surface area contributed by atoms with Crippen LogP contribution < -0.4 is 5.56 Å². The van der Waals surface area contributed by atoms with E-state index in [-0.39, 0.29) is 5.56 Å². The van der Waals surface area contributed by atoms with Crippen LogP contribution in [0, 0.1) is 0 Å². The van der Waals surface area contributed by atoms with Gasteiger partial charge in [-0.25, -0.2) is 14.5 Å². The van der Waals surface area contributed by atoms with Gasteiger partial charge in [0.25, 0.3) is 5.56 Å². The lowest BCUT2D eigenvalue weighted by Crippen LogP contribution is -2.22. The van der Waals surface area contributed by atoms with Crippen LogP contribution in [0.25, 0.3) is 37.7 Å². The normalized spacial score (nSPS) is 13.9. The quantitative estimate of drug-likeness (QED) is 0.340. The van der Waals surface area contributed by atoms with E-state index < -0.39 is 0 Å². The van der Waals surface area contributed by atoms with Crippen molar-refractivity contribution in [1.29, 1.82) is 0 Å². The zero-order chi connectivity index (χ0) is 20.8. The number of rotatable bonds is 3. The van der Waals surface area contributed by atoms with Gasteiger partial charge in [0.2, 0.25) is 0 Å². The molecule has 0 N–H and O–H groups in total. The number of thiophene rings is 1. The predicted octanol–water partition coefficient (Wildman–Crippen LogP) is 6.11. The van der Waals surface area contributed by atoms with E-state index in [1.807, 2.05) is 66.7 Å². The molecule has 6 rings (SSSR count). The van der Waals surface area contributed by atoms with Gasteiger partial charge in [-0.05, 0) is 55.0 Å². The van der Waals surface area contributed by atoms with Gasteiger partial charge >= 0.3 is 0 Å². The minimum absolute atomic E-state index is 0.00355. The molecule has 152 valence electrons. The minimum Gasteiger partial charge on any atom is -0.268 e. The van der Waals surface area contributed by atoms with Crippen LogP contribution in [0.3, 0.4) is 0 Å². The summed E-state index contributed by atoms with van der Waals surface area (Å²) in [6.45, 7) is 0. The summed E-state index contributed by atoms with van der Waals surface area (Å²) in [4.78, 5) is 25.7. The predicted molar refractivity (Wildman–Crippen MR) is 130 cm³/mol. The summed E-state index contributed by atoms with van der Waals surface area (Å²) in [6, 6.07) is 18.1. The lowest BCUT2D eigenvalue weighted by atomic mass is 9.97. The molecule has 3 aromatic heterocycles. The van der Waals surface area contributed by atoms with Gasteiger partial charge < -0.3 is 0 Å². The SMILES string of the molecule is O=c1c2c3c(sc2nc(/C=C/c2ccccc2)n1-c1nc2ccccc2s1)CCCC3. The number of nitrogens with zero attached hydrogens (tertiary/aromatic N) is 3. The van der Waals surface area contributed by atoms with Crippen molar-refractivity contribution in [3.63, 3.8) is 0 Å². The number of aryl methyl sites for hydroxylation is 2. The van der Waals surface area contributed by atoms with Gasteiger partial charge in [-0.3, -0.25) is 4.79 Å². The van der Waals surface area contributed by atoms with Crippen molar-refractivity contribution in [2.75, 3.05) is 0 Å². The van der Waals surface area contributed by atoms with E-state index in [0.717, 1.165) is 45.3 Å². The first-order valence-corrected chi connectivity index (χ1v) is 12.1. The van der Waals surface area contributed by atoms with E-state index >= 15 is 0 Å². The Morgan fingerprint density at radius 2 is 1.68 bits per heavy atom. The summed E-state index contributed by atoms with van der Waals surface area (Å²) in [6.07, 6.45) is 8.27. The number of hydrogen-bond acceptors (Lipinski definition) is 5. The third kappa shape index (κ3) is 3.23. The monoisotopic (exact) mass is 441 g/mol. The highest BCUT2D eigenvalue weighted by atomic mass is 32.1. The Morgan fingerprint density at radius 1 is 0.871 bits per heavy atom. The van der Waals surface area contributed by atoms with Crippen LogP contribution >= 0.6 is 22.7 Å². The number of thiazole rings is 1. The van der Waals surface area contributed by atoms with Crippen LogP contribution in [-0.4, -0.2) is 14.5 Å². The number of para-hydroxylation sites is 1. The Kier molecular flexibility index (Phi) is 4.55. The van der Waals surface area contributed by atoms with E-state index in [1.54, 1.807) is 15.9 Å². The fourth-order valence-corrected chi connectivity index (χ4v) is 6.44. The molecule has 0 fully saturated rings. The summed E-state index contributed by atoms with van der Waals surface area (Å²) < 4.78 is 2.77. The van der Waals surface area contributed by atoms with E-state index in [4.69, 9.17) is 9.97 Å². The number of aromatic nitrogens is 3. The molecule has 1 aliphatic carbocycles. The van der Waals surface area contributed by atoms with Crippen molar-refractivity contribution >= 4 is 55.3 Å². The molecule has 4 nitrogen and oxygen atoms in total. The Hall–Kier alpha value is -3.09. The molecule has 0 saturated heterocycles. The molecule has 0 spiro atoms. The maximum absolute atomic E-state index is 13.8. The Bertz CT molecular complexity index is 1480. The molecule has 0 atom stereocenters. The molecule has 0 aliphatic heterocycles. The lowest BCUT2D eigenvalue weighted by Gasteiger charge is -2.11. The largest absolute Gasteiger partial charge is 0.269 e. The second-order valence-corrected chi connectivity index (χ2v) is 9.80. The molecule has 6 heteroatoms. The average Bonchev–Trinajstić information content (AvgIpc) is 3.39. The second kappa shape index (κ2) is 7.55. The van der Waals surface area contributed by atoms with Gasteiger partial charge in [-0.1, -0.05) is 59.9 Å². The van der Waals surface area contributed by atoms with Crippen LogP contribution in [0.4, 0.5) is 0 Å². The molecule has 31 heavy (non-hydrogen) atoms. The molecular formula is C25H19N3OS2. The van der Waals surface area contributed by atoms with Gasteiger partial charge in [-0.2, -0.15) is 0 Å². The molecule has 1 aliphatic rings. The molecule has 0 unspecified atom stereocenters. The zero-order valence-corrected chi connectivity index (χ0v) is 18.4. The highest BCUT2D eigenvalue weighted by molar-refractivity contribution is 7.20. The van der Waals surface area contributed by atoms with Crippen molar-refractivity contribution in [2.24, 2.45) is 0 Å². The van der Waals surface area contributed by atoms with Crippen molar-refractivity contribution in [1.82, 2.24) is 14.5 Å². The van der Waals surface area contributed by atoms with E-state index in [0.29, 0.717) is 11.0 Å². The third-order valence-corrected chi connectivity index (χ3v) is 7.92. The molecule has 0 bridgehead atoms. The van der Waals surface area contributed by atoms with Crippen LogP contribution in [0.15, 0.2) is 59.4 Å². The number of hydrogen-bond donors (Lipinski definition) is 0. The van der Waals surface area contributed by atoms with E-state index in [1.165, 1.54) is 28.2 Å². The summed E-state index contributed by atoms with van der Waals surface area (Å²) >= 11 is 3.21. The number of benzene rings is 2. The van der Waals surface area contributed by atoms with Crippen LogP contribution in [0.5, 0.6) is 0 Å². The minimum atomic E-state index is -0.00355. The molecule has 0 saturated carbocycles. The molecule has 5 aromatic rings. The second-order valence-electron chi connectivity index (χ2n) is 7.71. The van der Waals surface area contributed by atoms with E-state index in [2.05, 4.69) is 0 Å². The van der Waals surface area contributed by atoms with Gasteiger partial charge in [-0.15, -0.1) is 11.3 Å². The average molecular weight is 442 g/mol. The van der Waals surface area contributed by atoms with Crippen molar-refractivity contribution in [2.45, 2.75) is 25.7 Å². The highest BCUT2D eigenvalue weighted by Crippen LogP contribution is 2.35. The maximum Gasteiger partial charge on any atom is 0.269 e. The Labute approximate surface area is 187 Å². The fourth-order valence-electron chi connectivity index (χ4n) is 4.21. The van der Waals surface area contributed by atoms with Gasteiger partial charge in [0, 0.05) is 4.88 Å². The van der Waals surface area contributed by atoms with Crippen LogP contribution in [0.1, 0.15) is 34.7 Å². The molecule has 0 radical (unpaired) electrons. The van der Waals surface area contributed by atoms with Crippen molar-refractivity contribution < 1.29 is 0 Å². The van der Waals surface area contributed by atoms with Crippen molar-refractivity contribution in [3.05, 3.63) is 86.8 Å².